The minimum atomic E-state index is -5.04. The summed E-state index contributed by atoms with van der Waals surface area (Å²) < 4.78 is 92.0. The number of aryl methyl sites for hydroxylation is 1. The van der Waals surface area contributed by atoms with Crippen LogP contribution in [0.3, 0.4) is 0 Å². The number of aliphatic carboxylic acids is 1. The fourth-order valence-electron chi connectivity index (χ4n) is 5.79. The van der Waals surface area contributed by atoms with Gasteiger partial charge in [0.2, 0.25) is 0 Å². The molecule has 0 saturated carbocycles. The molecule has 4 rings (SSSR count). The number of methoxy groups -OCH3 is 1. The highest BCUT2D eigenvalue weighted by atomic mass is 19.4. The second kappa shape index (κ2) is 11.8. The molecule has 1 fully saturated rings. The third-order valence-electron chi connectivity index (χ3n) is 8.07. The molecule has 0 aromatic heterocycles. The maximum Gasteiger partial charge on any atom is 0.416 e. The molecular weight excluding hydrogens is 580 g/mol. The summed E-state index contributed by atoms with van der Waals surface area (Å²) >= 11 is 0. The average molecular weight is 613 g/mol. The van der Waals surface area contributed by atoms with Gasteiger partial charge in [0, 0.05) is 18.1 Å². The van der Waals surface area contributed by atoms with Crippen molar-refractivity contribution in [2.45, 2.75) is 77.4 Å². The van der Waals surface area contributed by atoms with Gasteiger partial charge in [0.25, 0.3) is 0 Å². The fourth-order valence-corrected chi connectivity index (χ4v) is 5.79. The fraction of sp³-hybridized carbons (Fsp3) is 0.484. The first-order valence-electron chi connectivity index (χ1n) is 13.7. The van der Waals surface area contributed by atoms with E-state index in [0.29, 0.717) is 30.7 Å². The van der Waals surface area contributed by atoms with Crippen LogP contribution in [0.4, 0.5) is 31.1 Å². The lowest BCUT2D eigenvalue weighted by Gasteiger charge is -2.36. The predicted octanol–water partition coefficient (Wildman–Crippen LogP) is 6.96. The van der Waals surface area contributed by atoms with Crippen LogP contribution in [0.15, 0.2) is 42.0 Å². The van der Waals surface area contributed by atoms with E-state index in [-0.39, 0.29) is 30.9 Å². The summed E-state index contributed by atoms with van der Waals surface area (Å²) in [4.78, 5) is 25.4. The van der Waals surface area contributed by atoms with Gasteiger partial charge in [0.15, 0.2) is 0 Å². The van der Waals surface area contributed by atoms with Crippen LogP contribution in [0.1, 0.15) is 80.4 Å². The molecule has 2 atom stereocenters. The number of carboxylic acid groups (broad SMARTS) is 1. The zero-order chi connectivity index (χ0) is 31.9. The number of rotatable bonds is 8. The Balaban J connectivity index is 1.73. The molecule has 0 radical (unpaired) electrons. The van der Waals surface area contributed by atoms with Gasteiger partial charge in [-0.1, -0.05) is 19.9 Å². The third-order valence-corrected chi connectivity index (χ3v) is 8.07. The van der Waals surface area contributed by atoms with Crippen LogP contribution in [0, 0.1) is 5.41 Å². The Kier molecular flexibility index (Phi) is 8.82. The Labute approximate surface area is 245 Å². The van der Waals surface area contributed by atoms with Gasteiger partial charge >= 0.3 is 18.4 Å². The first kappa shape index (κ1) is 32.2. The van der Waals surface area contributed by atoms with Gasteiger partial charge in [0.05, 0.1) is 24.3 Å². The molecule has 234 valence electrons. The molecular formula is C31H32F6NO5-. The summed E-state index contributed by atoms with van der Waals surface area (Å²) in [7, 11) is 1.50. The minimum Gasteiger partial charge on any atom is -0.550 e. The summed E-state index contributed by atoms with van der Waals surface area (Å²) in [5.74, 6) is -0.640. The number of amides is 1. The number of hydrogen-bond donors (Lipinski definition) is 0. The molecule has 2 aromatic rings. The summed E-state index contributed by atoms with van der Waals surface area (Å²) in [6.07, 6.45) is -10.3. The first-order chi connectivity index (χ1) is 19.9. The number of ether oxygens (including phenoxy) is 2. The molecule has 43 heavy (non-hydrogen) atoms. The summed E-state index contributed by atoms with van der Waals surface area (Å²) in [6, 6.07) is 5.66. The van der Waals surface area contributed by atoms with Crippen molar-refractivity contribution in [1.29, 1.82) is 0 Å². The van der Waals surface area contributed by atoms with E-state index in [4.69, 9.17) is 9.47 Å². The minimum absolute atomic E-state index is 0.0345. The lowest BCUT2D eigenvalue weighted by Crippen LogP contribution is -2.35. The maximum absolute atomic E-state index is 13.5. The number of nitrogens with zero attached hydrogens (tertiary/aromatic N) is 1. The van der Waals surface area contributed by atoms with Gasteiger partial charge in [-0.05, 0) is 97.0 Å². The zero-order valence-electron chi connectivity index (χ0n) is 24.1. The molecule has 1 aliphatic carbocycles. The second-order valence-corrected chi connectivity index (χ2v) is 11.8. The molecule has 0 bridgehead atoms. The van der Waals surface area contributed by atoms with Crippen molar-refractivity contribution in [3.8, 4) is 5.75 Å². The maximum atomic E-state index is 13.5. The van der Waals surface area contributed by atoms with E-state index in [1.54, 1.807) is 12.1 Å². The van der Waals surface area contributed by atoms with Crippen LogP contribution >= 0.6 is 0 Å². The van der Waals surface area contributed by atoms with Crippen molar-refractivity contribution < 1.29 is 50.5 Å². The highest BCUT2D eigenvalue weighted by Gasteiger charge is 2.44. The Morgan fingerprint density at radius 3 is 2.26 bits per heavy atom. The molecule has 0 N–H and O–H groups in total. The van der Waals surface area contributed by atoms with E-state index in [9.17, 15) is 41.0 Å². The number of cyclic esters (lactones) is 1. The molecule has 6 nitrogen and oxygen atoms in total. The smallest absolute Gasteiger partial charge is 0.416 e. The molecule has 1 saturated heterocycles. The number of hydrogen-bond acceptors (Lipinski definition) is 5. The number of alkyl halides is 6. The molecule has 1 heterocycles. The summed E-state index contributed by atoms with van der Waals surface area (Å²) in [5, 5.41) is 11.0. The number of allylic oxidation sites excluding steroid dienone is 1. The van der Waals surface area contributed by atoms with Crippen LogP contribution in [0.5, 0.6) is 5.75 Å². The topological polar surface area (TPSA) is 78.9 Å². The van der Waals surface area contributed by atoms with E-state index < -0.39 is 53.3 Å². The molecule has 12 heteroatoms. The number of halogens is 6. The van der Waals surface area contributed by atoms with Gasteiger partial charge in [-0.15, -0.1) is 0 Å². The van der Waals surface area contributed by atoms with Crippen LogP contribution in [0.2, 0.25) is 0 Å². The SMILES string of the molecule is COc1ccc(CCC(=O)[O-])cc1C1=C(CN2C(=O)O[C@H](c3cc(C(F)(F)F)cc(C(F)(F)F)c3)[C@@H]2C)CC(C)(C)CC1. The Morgan fingerprint density at radius 2 is 1.70 bits per heavy atom. The van der Waals surface area contributed by atoms with Gasteiger partial charge in [-0.3, -0.25) is 4.90 Å². The molecule has 0 unspecified atom stereocenters. The van der Waals surface area contributed by atoms with Crippen molar-refractivity contribution in [2.24, 2.45) is 5.41 Å². The van der Waals surface area contributed by atoms with Gasteiger partial charge in [0.1, 0.15) is 11.9 Å². The summed E-state index contributed by atoms with van der Waals surface area (Å²) in [6.45, 7) is 5.69. The number of carbonyl (C=O) groups is 2. The van der Waals surface area contributed by atoms with Crippen LogP contribution in [0.25, 0.3) is 5.57 Å². The highest BCUT2D eigenvalue weighted by Crippen LogP contribution is 2.46. The number of carboxylic acids is 1. The second-order valence-electron chi connectivity index (χ2n) is 11.8. The largest absolute Gasteiger partial charge is 0.550 e. The van der Waals surface area contributed by atoms with Crippen LogP contribution < -0.4 is 9.84 Å². The molecule has 2 aromatic carbocycles. The Morgan fingerprint density at radius 1 is 1.07 bits per heavy atom. The monoisotopic (exact) mass is 612 g/mol. The van der Waals surface area contributed by atoms with E-state index in [0.717, 1.165) is 28.7 Å². The van der Waals surface area contributed by atoms with E-state index >= 15 is 0 Å². The van der Waals surface area contributed by atoms with E-state index in [2.05, 4.69) is 13.8 Å². The number of benzene rings is 2. The normalized spacial score (nSPS) is 20.8. The van der Waals surface area contributed by atoms with Gasteiger partial charge in [-0.2, -0.15) is 26.3 Å². The Bertz CT molecular complexity index is 1400. The Hall–Kier alpha value is -3.70. The molecule has 0 spiro atoms. The summed E-state index contributed by atoms with van der Waals surface area (Å²) in [5.41, 5.74) is -0.319. The average Bonchev–Trinajstić information content (AvgIpc) is 3.18. The first-order valence-corrected chi connectivity index (χ1v) is 13.7. The standard InChI is InChI=1S/C31H33F6NO5/c1-17-27(19-12-21(30(32,33)34)14-22(13-19)31(35,36)37)43-28(41)38(17)16-20-15-29(2,3)10-9-23(20)24-11-18(6-8-26(39)40)5-7-25(24)42-4/h5,7,11-14,17,27H,6,8-10,15-16H2,1-4H3,(H,39,40)/p-1/t17-,27-/m0/s1. The van der Waals surface area contributed by atoms with E-state index in [1.165, 1.54) is 18.9 Å². The van der Waals surface area contributed by atoms with Gasteiger partial charge in [-0.25, -0.2) is 4.79 Å². The highest BCUT2D eigenvalue weighted by molar-refractivity contribution is 5.77. The lowest BCUT2D eigenvalue weighted by atomic mass is 9.72. The van der Waals surface area contributed by atoms with Crippen LogP contribution in [-0.4, -0.2) is 36.7 Å². The molecule has 1 aliphatic heterocycles. The molecule has 2 aliphatic rings. The van der Waals surface area contributed by atoms with Crippen molar-refractivity contribution >= 4 is 17.6 Å². The van der Waals surface area contributed by atoms with Crippen LogP contribution in [-0.2, 0) is 28.3 Å². The lowest BCUT2D eigenvalue weighted by molar-refractivity contribution is -0.305. The zero-order valence-corrected chi connectivity index (χ0v) is 24.1. The van der Waals surface area contributed by atoms with Crippen molar-refractivity contribution in [3.05, 3.63) is 69.8 Å². The van der Waals surface area contributed by atoms with E-state index in [1.807, 2.05) is 6.07 Å². The number of carbonyl (C=O) groups excluding carboxylic acids is 2. The van der Waals surface area contributed by atoms with Crippen molar-refractivity contribution in [1.82, 2.24) is 4.90 Å². The van der Waals surface area contributed by atoms with Gasteiger partial charge < -0.3 is 19.4 Å². The quantitative estimate of drug-likeness (QED) is 0.301. The van der Waals surface area contributed by atoms with Crippen molar-refractivity contribution in [3.63, 3.8) is 0 Å². The van der Waals surface area contributed by atoms with Crippen molar-refractivity contribution in [2.75, 3.05) is 13.7 Å². The predicted molar refractivity (Wildman–Crippen MR) is 143 cm³/mol. The molecule has 1 amide bonds. The third kappa shape index (κ3) is 7.27.